The fourth-order valence-electron chi connectivity index (χ4n) is 0.339. The van der Waals surface area contributed by atoms with Gasteiger partial charge in [0.15, 0.2) is 6.61 Å². The standard InChI is InChI=1S/C8H10O2/c1-4-6-10-8(9)7(3)5-2/h1,5H,6H2,2-3H3/b7-5+. The van der Waals surface area contributed by atoms with Gasteiger partial charge in [-0.1, -0.05) is 12.0 Å². The van der Waals surface area contributed by atoms with E-state index in [-0.39, 0.29) is 12.6 Å². The minimum Gasteiger partial charge on any atom is -0.449 e. The third kappa shape index (κ3) is 2.93. The van der Waals surface area contributed by atoms with Crippen molar-refractivity contribution in [2.24, 2.45) is 0 Å². The lowest BCUT2D eigenvalue weighted by atomic mass is 10.3. The highest BCUT2D eigenvalue weighted by Gasteiger charge is 2.01. The van der Waals surface area contributed by atoms with Gasteiger partial charge in [0, 0.05) is 5.57 Å². The summed E-state index contributed by atoms with van der Waals surface area (Å²) in [6.07, 6.45) is 6.55. The van der Waals surface area contributed by atoms with E-state index in [9.17, 15) is 4.79 Å². The summed E-state index contributed by atoms with van der Waals surface area (Å²) >= 11 is 0. The Labute approximate surface area is 60.9 Å². The zero-order valence-corrected chi connectivity index (χ0v) is 6.18. The number of rotatable bonds is 2. The summed E-state index contributed by atoms with van der Waals surface area (Å²) in [5.74, 6) is 1.86. The number of allylic oxidation sites excluding steroid dienone is 1. The number of carbonyl (C=O) groups excluding carboxylic acids is 1. The maximum atomic E-state index is 10.7. The van der Waals surface area contributed by atoms with Gasteiger partial charge in [-0.25, -0.2) is 4.79 Å². The van der Waals surface area contributed by atoms with Crippen LogP contribution >= 0.6 is 0 Å². The molecule has 2 heteroatoms. The Bertz CT molecular complexity index is 184. The van der Waals surface area contributed by atoms with Crippen molar-refractivity contribution in [3.63, 3.8) is 0 Å². The van der Waals surface area contributed by atoms with Gasteiger partial charge in [-0.3, -0.25) is 0 Å². The molecule has 2 nitrogen and oxygen atoms in total. The predicted molar refractivity (Wildman–Crippen MR) is 39.2 cm³/mol. The predicted octanol–water partition coefficient (Wildman–Crippen LogP) is 1.13. The smallest absolute Gasteiger partial charge is 0.334 e. The molecule has 0 unspecified atom stereocenters. The molecule has 0 aliphatic rings. The molecule has 54 valence electrons. The molecule has 0 bridgehead atoms. The Morgan fingerprint density at radius 1 is 1.80 bits per heavy atom. The second-order valence-electron chi connectivity index (χ2n) is 1.75. The van der Waals surface area contributed by atoms with Gasteiger partial charge in [-0.05, 0) is 13.8 Å². The highest BCUT2D eigenvalue weighted by atomic mass is 16.5. The molecular weight excluding hydrogens is 128 g/mol. The number of terminal acetylenes is 1. The first-order chi connectivity index (χ1) is 4.72. The van der Waals surface area contributed by atoms with Crippen molar-refractivity contribution in [2.75, 3.05) is 6.61 Å². The second kappa shape index (κ2) is 4.63. The molecule has 0 amide bonds. The minimum absolute atomic E-state index is 0.0456. The van der Waals surface area contributed by atoms with E-state index < -0.39 is 0 Å². The molecule has 0 rings (SSSR count). The Kier molecular flexibility index (Phi) is 4.06. The van der Waals surface area contributed by atoms with Crippen molar-refractivity contribution in [3.8, 4) is 12.3 Å². The van der Waals surface area contributed by atoms with E-state index >= 15 is 0 Å². The van der Waals surface area contributed by atoms with E-state index in [1.165, 1.54) is 0 Å². The first kappa shape index (κ1) is 8.77. The summed E-state index contributed by atoms with van der Waals surface area (Å²) in [5, 5.41) is 0. The third-order valence-corrected chi connectivity index (χ3v) is 1.04. The fourth-order valence-corrected chi connectivity index (χ4v) is 0.339. The molecule has 0 saturated carbocycles. The highest BCUT2D eigenvalue weighted by molar-refractivity contribution is 5.87. The van der Waals surface area contributed by atoms with Crippen LogP contribution in [-0.4, -0.2) is 12.6 Å². The summed E-state index contributed by atoms with van der Waals surface area (Å²) in [5.41, 5.74) is 0.579. The zero-order valence-electron chi connectivity index (χ0n) is 6.18. The van der Waals surface area contributed by atoms with Gasteiger partial charge in [0.05, 0.1) is 0 Å². The van der Waals surface area contributed by atoms with Crippen LogP contribution in [0, 0.1) is 12.3 Å². The molecule has 0 aliphatic heterocycles. The molecule has 0 radical (unpaired) electrons. The lowest BCUT2D eigenvalue weighted by Crippen LogP contribution is -2.05. The van der Waals surface area contributed by atoms with Crippen LogP contribution in [-0.2, 0) is 9.53 Å². The summed E-state index contributed by atoms with van der Waals surface area (Å²) in [6, 6.07) is 0. The Morgan fingerprint density at radius 2 is 2.40 bits per heavy atom. The number of hydrogen-bond acceptors (Lipinski definition) is 2. The highest BCUT2D eigenvalue weighted by Crippen LogP contribution is 1.94. The Morgan fingerprint density at radius 3 is 2.80 bits per heavy atom. The minimum atomic E-state index is -0.347. The molecule has 0 spiro atoms. The molecule has 0 aromatic rings. The monoisotopic (exact) mass is 138 g/mol. The Hall–Kier alpha value is -1.23. The molecule has 10 heavy (non-hydrogen) atoms. The van der Waals surface area contributed by atoms with E-state index in [1.807, 2.05) is 0 Å². The summed E-state index contributed by atoms with van der Waals surface area (Å²) in [4.78, 5) is 10.7. The molecule has 0 aliphatic carbocycles. The number of esters is 1. The second-order valence-corrected chi connectivity index (χ2v) is 1.75. The van der Waals surface area contributed by atoms with Gasteiger partial charge >= 0.3 is 5.97 Å². The van der Waals surface area contributed by atoms with Gasteiger partial charge in [-0.2, -0.15) is 0 Å². The average Bonchev–Trinajstić information content (AvgIpc) is 1.98. The summed E-state index contributed by atoms with van der Waals surface area (Å²) in [7, 11) is 0. The first-order valence-corrected chi connectivity index (χ1v) is 2.96. The van der Waals surface area contributed by atoms with Crippen molar-refractivity contribution in [1.29, 1.82) is 0 Å². The van der Waals surface area contributed by atoms with Crippen LogP contribution in [0.15, 0.2) is 11.6 Å². The molecule has 0 heterocycles. The van der Waals surface area contributed by atoms with Crippen molar-refractivity contribution < 1.29 is 9.53 Å². The van der Waals surface area contributed by atoms with Gasteiger partial charge in [0.1, 0.15) is 0 Å². The third-order valence-electron chi connectivity index (χ3n) is 1.04. The number of carbonyl (C=O) groups is 1. The quantitative estimate of drug-likeness (QED) is 0.325. The van der Waals surface area contributed by atoms with Crippen LogP contribution in [0.2, 0.25) is 0 Å². The van der Waals surface area contributed by atoms with Gasteiger partial charge in [-0.15, -0.1) is 6.42 Å². The van der Waals surface area contributed by atoms with Crippen molar-refractivity contribution in [3.05, 3.63) is 11.6 Å². The summed E-state index contributed by atoms with van der Waals surface area (Å²) in [6.45, 7) is 3.50. The molecule has 0 fully saturated rings. The molecule has 0 atom stereocenters. The first-order valence-electron chi connectivity index (χ1n) is 2.96. The van der Waals surface area contributed by atoms with Crippen molar-refractivity contribution in [2.45, 2.75) is 13.8 Å². The van der Waals surface area contributed by atoms with E-state index in [0.29, 0.717) is 5.57 Å². The normalized spacial score (nSPS) is 10.3. The van der Waals surface area contributed by atoms with Gasteiger partial charge in [0.25, 0.3) is 0 Å². The van der Waals surface area contributed by atoms with Crippen LogP contribution < -0.4 is 0 Å². The summed E-state index contributed by atoms with van der Waals surface area (Å²) < 4.78 is 4.60. The number of hydrogen-bond donors (Lipinski definition) is 0. The van der Waals surface area contributed by atoms with Crippen LogP contribution in [0.1, 0.15) is 13.8 Å². The van der Waals surface area contributed by atoms with Crippen LogP contribution in [0.5, 0.6) is 0 Å². The molecule has 0 saturated heterocycles. The SMILES string of the molecule is C#CCOC(=O)/C(C)=C/C. The van der Waals surface area contributed by atoms with Crippen LogP contribution in [0.25, 0.3) is 0 Å². The molecule has 0 aromatic heterocycles. The van der Waals surface area contributed by atoms with Crippen LogP contribution in [0.4, 0.5) is 0 Å². The van der Waals surface area contributed by atoms with E-state index in [0.717, 1.165) is 0 Å². The fraction of sp³-hybridized carbons (Fsp3) is 0.375. The average molecular weight is 138 g/mol. The largest absolute Gasteiger partial charge is 0.449 e. The molecule has 0 N–H and O–H groups in total. The maximum absolute atomic E-state index is 10.7. The van der Waals surface area contributed by atoms with E-state index in [4.69, 9.17) is 6.42 Å². The number of ether oxygens (including phenoxy) is 1. The molecule has 0 aromatic carbocycles. The van der Waals surface area contributed by atoms with Gasteiger partial charge in [0.2, 0.25) is 0 Å². The Balaban J connectivity index is 3.77. The lowest BCUT2D eigenvalue weighted by molar-refractivity contribution is -0.137. The molecular formula is C8H10O2. The zero-order chi connectivity index (χ0) is 7.98. The van der Waals surface area contributed by atoms with Crippen molar-refractivity contribution in [1.82, 2.24) is 0 Å². The maximum Gasteiger partial charge on any atom is 0.334 e. The van der Waals surface area contributed by atoms with Crippen molar-refractivity contribution >= 4 is 5.97 Å². The van der Waals surface area contributed by atoms with Crippen LogP contribution in [0.3, 0.4) is 0 Å². The van der Waals surface area contributed by atoms with E-state index in [1.54, 1.807) is 19.9 Å². The lowest BCUT2D eigenvalue weighted by Gasteiger charge is -1.97. The van der Waals surface area contributed by atoms with Gasteiger partial charge < -0.3 is 4.74 Å². The topological polar surface area (TPSA) is 26.3 Å². The van der Waals surface area contributed by atoms with E-state index in [2.05, 4.69) is 10.7 Å².